The molecule has 4 aromatic rings. The highest BCUT2D eigenvalue weighted by molar-refractivity contribution is 9.10. The number of benzene rings is 4. The number of hydrogen-bond donors (Lipinski definition) is 0. The van der Waals surface area contributed by atoms with E-state index in [1.165, 1.54) is 40.5 Å². The average Bonchev–Trinajstić information content (AvgIpc) is 3.75. The number of hydrogen-bond acceptors (Lipinski definition) is 8. The molecule has 4 aliphatic rings. The van der Waals surface area contributed by atoms with Gasteiger partial charge in [0, 0.05) is 68.2 Å². The number of thioether (sulfide) groups is 2. The second-order valence-corrected chi connectivity index (χ2v) is 15.6. The number of aliphatic imine (C=N–C) groups is 2. The third-order valence-electron chi connectivity index (χ3n) is 9.10. The van der Waals surface area contributed by atoms with Crippen molar-refractivity contribution in [2.45, 2.75) is 6.92 Å². The van der Waals surface area contributed by atoms with Gasteiger partial charge in [0.1, 0.15) is 0 Å². The van der Waals surface area contributed by atoms with Crippen LogP contribution in [-0.4, -0.2) is 84.3 Å². The lowest BCUT2D eigenvalue weighted by Crippen LogP contribution is -2.47. The number of amides is 2. The van der Waals surface area contributed by atoms with Crippen molar-refractivity contribution in [1.29, 1.82) is 0 Å². The Bertz CT molecular complexity index is 1850. The van der Waals surface area contributed by atoms with Crippen LogP contribution in [0.1, 0.15) is 16.7 Å². The fourth-order valence-electron chi connectivity index (χ4n) is 6.18. The van der Waals surface area contributed by atoms with E-state index in [0.29, 0.717) is 9.81 Å². The zero-order valence-corrected chi connectivity index (χ0v) is 32.1. The van der Waals surface area contributed by atoms with E-state index in [1.54, 1.807) is 0 Å². The Morgan fingerprint density at radius 1 is 0.519 bits per heavy atom. The molecule has 4 aromatic carbocycles. The van der Waals surface area contributed by atoms with Crippen molar-refractivity contribution < 1.29 is 9.59 Å². The largest absolute Gasteiger partial charge is 0.368 e. The molecule has 0 bridgehead atoms. The SMILES string of the molecule is Cc1ccc(C=C2SC(N3CCN(c4ccccc4)CC3)=NC2=O)cc1.O=C1N=C(N2CCN(c3ccccc3)CC2)SC1=Cc1ccc(Br)cc1. The number of nitrogens with zero attached hydrogens (tertiary/aromatic N) is 6. The van der Waals surface area contributed by atoms with Crippen LogP contribution in [-0.2, 0) is 9.59 Å². The standard InChI is InChI=1S/C21H21N3OS.C20H18BrN3OS/c1-16-7-9-17(10-8-16)15-19-20(25)22-21(26-19)24-13-11-23(12-14-24)18-5-3-2-4-6-18;21-16-8-6-15(7-9-16)14-18-19(25)22-20(26-18)24-12-10-23(11-13-24)17-4-2-1-3-5-17/h2-10,15H,11-14H2,1H3;1-9,14H,10-13H2. The lowest BCUT2D eigenvalue weighted by molar-refractivity contribution is -0.114. The molecule has 0 aromatic heterocycles. The number of anilines is 2. The predicted octanol–water partition coefficient (Wildman–Crippen LogP) is 8.03. The molecule has 0 atom stereocenters. The summed E-state index contributed by atoms with van der Waals surface area (Å²) in [6.45, 7) is 9.32. The third-order valence-corrected chi connectivity index (χ3v) is 11.7. The molecule has 2 amide bonds. The van der Waals surface area contributed by atoms with Crippen LogP contribution in [0.25, 0.3) is 12.2 Å². The Kier molecular flexibility index (Phi) is 11.6. The van der Waals surface area contributed by atoms with Gasteiger partial charge in [-0.2, -0.15) is 9.98 Å². The summed E-state index contributed by atoms with van der Waals surface area (Å²) in [5, 5.41) is 1.66. The maximum atomic E-state index is 12.3. The maximum absolute atomic E-state index is 12.3. The number of carbonyl (C=O) groups excluding carboxylic acids is 2. The van der Waals surface area contributed by atoms with Gasteiger partial charge in [-0.3, -0.25) is 9.59 Å². The quantitative estimate of drug-likeness (QED) is 0.193. The van der Waals surface area contributed by atoms with E-state index in [-0.39, 0.29) is 11.8 Å². The van der Waals surface area contributed by atoms with Crippen LogP contribution in [0.15, 0.2) is 133 Å². The van der Waals surface area contributed by atoms with E-state index < -0.39 is 0 Å². The second kappa shape index (κ2) is 16.8. The van der Waals surface area contributed by atoms with Gasteiger partial charge in [-0.1, -0.05) is 94.3 Å². The number of rotatable bonds is 4. The zero-order chi connectivity index (χ0) is 35.9. The molecular formula is C41H39BrN6O2S2. The van der Waals surface area contributed by atoms with Gasteiger partial charge in [-0.05, 0) is 90.1 Å². The summed E-state index contributed by atoms with van der Waals surface area (Å²) in [5.74, 6) is -0.269. The molecule has 0 aliphatic carbocycles. The molecule has 52 heavy (non-hydrogen) atoms. The molecule has 2 saturated heterocycles. The van der Waals surface area contributed by atoms with Crippen molar-refractivity contribution >= 4 is 85.1 Å². The normalized spacial score (nSPS) is 19.2. The van der Waals surface area contributed by atoms with Gasteiger partial charge < -0.3 is 19.6 Å². The minimum absolute atomic E-state index is 0.129. The number of carbonyl (C=O) groups is 2. The molecular weight excluding hydrogens is 753 g/mol. The molecule has 0 unspecified atom stereocenters. The smallest absolute Gasteiger partial charge is 0.286 e. The van der Waals surface area contributed by atoms with E-state index >= 15 is 0 Å². The molecule has 8 rings (SSSR count). The van der Waals surface area contributed by atoms with E-state index in [2.05, 4.69) is 113 Å². The average molecular weight is 792 g/mol. The monoisotopic (exact) mass is 790 g/mol. The van der Waals surface area contributed by atoms with Crippen LogP contribution >= 0.6 is 39.5 Å². The zero-order valence-electron chi connectivity index (χ0n) is 28.9. The first-order valence-corrected chi connectivity index (χ1v) is 19.8. The highest BCUT2D eigenvalue weighted by Gasteiger charge is 2.30. The van der Waals surface area contributed by atoms with Gasteiger partial charge in [0.05, 0.1) is 9.81 Å². The minimum atomic E-state index is -0.140. The molecule has 4 aliphatic heterocycles. The summed E-state index contributed by atoms with van der Waals surface area (Å²) >= 11 is 6.40. The van der Waals surface area contributed by atoms with Crippen LogP contribution in [0.3, 0.4) is 0 Å². The summed E-state index contributed by atoms with van der Waals surface area (Å²) in [6, 6.07) is 37.0. The van der Waals surface area contributed by atoms with Gasteiger partial charge in [-0.25, -0.2) is 0 Å². The first-order valence-electron chi connectivity index (χ1n) is 17.4. The first kappa shape index (κ1) is 35.8. The Labute approximate surface area is 322 Å². The molecule has 4 heterocycles. The number of piperazine rings is 2. The topological polar surface area (TPSA) is 71.8 Å². The maximum Gasteiger partial charge on any atom is 0.286 e. The number of para-hydroxylation sites is 2. The lowest BCUT2D eigenvalue weighted by Gasteiger charge is -2.36. The highest BCUT2D eigenvalue weighted by Crippen LogP contribution is 2.32. The van der Waals surface area contributed by atoms with Crippen molar-refractivity contribution in [2.75, 3.05) is 62.2 Å². The van der Waals surface area contributed by atoms with Crippen LogP contribution in [0.2, 0.25) is 0 Å². The molecule has 0 radical (unpaired) electrons. The van der Waals surface area contributed by atoms with Crippen molar-refractivity contribution in [3.63, 3.8) is 0 Å². The lowest BCUT2D eigenvalue weighted by atomic mass is 10.1. The summed E-state index contributed by atoms with van der Waals surface area (Å²) < 4.78 is 1.03. The van der Waals surface area contributed by atoms with E-state index in [4.69, 9.17) is 0 Å². The number of aryl methyl sites for hydroxylation is 1. The summed E-state index contributed by atoms with van der Waals surface area (Å²) in [4.78, 5) is 43.7. The number of halogens is 1. The van der Waals surface area contributed by atoms with Crippen LogP contribution in [0.5, 0.6) is 0 Å². The predicted molar refractivity (Wildman–Crippen MR) is 222 cm³/mol. The molecule has 264 valence electrons. The van der Waals surface area contributed by atoms with Crippen molar-refractivity contribution in [3.8, 4) is 0 Å². The number of amidine groups is 2. The van der Waals surface area contributed by atoms with E-state index in [1.807, 2.05) is 60.7 Å². The molecule has 0 saturated carbocycles. The van der Waals surface area contributed by atoms with E-state index in [9.17, 15) is 9.59 Å². The van der Waals surface area contributed by atoms with Crippen LogP contribution in [0.4, 0.5) is 11.4 Å². The Morgan fingerprint density at radius 3 is 1.29 bits per heavy atom. The Morgan fingerprint density at radius 2 is 0.885 bits per heavy atom. The highest BCUT2D eigenvalue weighted by atomic mass is 79.9. The molecule has 0 spiro atoms. The molecule has 8 nitrogen and oxygen atoms in total. The fraction of sp³-hybridized carbons (Fsp3) is 0.220. The van der Waals surface area contributed by atoms with Crippen molar-refractivity contribution in [2.24, 2.45) is 9.98 Å². The molecule has 2 fully saturated rings. The van der Waals surface area contributed by atoms with Crippen LogP contribution in [0, 0.1) is 6.92 Å². The van der Waals surface area contributed by atoms with Gasteiger partial charge >= 0.3 is 0 Å². The second-order valence-electron chi connectivity index (χ2n) is 12.7. The van der Waals surface area contributed by atoms with Gasteiger partial charge in [0.25, 0.3) is 11.8 Å². The summed E-state index contributed by atoms with van der Waals surface area (Å²) in [7, 11) is 0. The minimum Gasteiger partial charge on any atom is -0.368 e. The fourth-order valence-corrected chi connectivity index (χ4v) is 8.37. The Hall–Kier alpha value is -4.58. The van der Waals surface area contributed by atoms with Gasteiger partial charge in [-0.15, -0.1) is 0 Å². The van der Waals surface area contributed by atoms with Gasteiger partial charge in [0.2, 0.25) is 0 Å². The summed E-state index contributed by atoms with van der Waals surface area (Å²) in [6.07, 6.45) is 3.85. The van der Waals surface area contributed by atoms with Crippen molar-refractivity contribution in [1.82, 2.24) is 9.80 Å². The van der Waals surface area contributed by atoms with Crippen molar-refractivity contribution in [3.05, 3.63) is 140 Å². The van der Waals surface area contributed by atoms with Crippen LogP contribution < -0.4 is 9.80 Å². The first-order chi connectivity index (χ1) is 25.4. The molecule has 0 N–H and O–H groups in total. The van der Waals surface area contributed by atoms with E-state index in [0.717, 1.165) is 78.3 Å². The summed E-state index contributed by atoms with van der Waals surface area (Å²) in [5.41, 5.74) is 5.77. The van der Waals surface area contributed by atoms with Gasteiger partial charge in [0.15, 0.2) is 10.3 Å². The Balaban J connectivity index is 0.000000162. The third kappa shape index (κ3) is 9.07. The molecule has 11 heteroatoms.